The summed E-state index contributed by atoms with van der Waals surface area (Å²) in [6.45, 7) is 5.12. The van der Waals surface area contributed by atoms with Crippen molar-refractivity contribution in [2.75, 3.05) is 13.1 Å². The normalized spacial score (nSPS) is 29.0. The topological polar surface area (TPSA) is 75.4 Å². The number of amides is 2. The molecular weight excluding hydrogens is 266 g/mol. The highest BCUT2D eigenvalue weighted by Gasteiger charge is 2.32. The van der Waals surface area contributed by atoms with E-state index in [1.165, 1.54) is 0 Å². The summed E-state index contributed by atoms with van der Waals surface area (Å²) in [6, 6.07) is 0.495. The van der Waals surface area contributed by atoms with Crippen LogP contribution in [0.2, 0.25) is 0 Å². The number of piperidine rings is 1. The molecule has 0 aromatic rings. The van der Waals surface area contributed by atoms with Gasteiger partial charge in [0.15, 0.2) is 0 Å². The first-order valence-electron chi connectivity index (χ1n) is 8.29. The molecule has 0 radical (unpaired) electrons. The molecule has 1 saturated carbocycles. The van der Waals surface area contributed by atoms with Crippen LogP contribution < -0.4 is 11.1 Å². The lowest BCUT2D eigenvalue weighted by Gasteiger charge is -2.37. The van der Waals surface area contributed by atoms with Crippen LogP contribution in [0.5, 0.6) is 0 Å². The van der Waals surface area contributed by atoms with Gasteiger partial charge in [0.1, 0.15) is 0 Å². The molecule has 1 aliphatic carbocycles. The molecule has 3 N–H and O–H groups in total. The highest BCUT2D eigenvalue weighted by molar-refractivity contribution is 5.79. The fourth-order valence-electron chi connectivity index (χ4n) is 3.74. The highest BCUT2D eigenvalue weighted by Crippen LogP contribution is 2.31. The number of carbonyl (C=O) groups is 2. The number of hydrogen-bond donors (Lipinski definition) is 2. The predicted octanol–water partition coefficient (Wildman–Crippen LogP) is 1.27. The van der Waals surface area contributed by atoms with Crippen molar-refractivity contribution in [3.63, 3.8) is 0 Å². The Labute approximate surface area is 127 Å². The minimum atomic E-state index is 0.0179. The molecule has 21 heavy (non-hydrogen) atoms. The third-order valence-electron chi connectivity index (χ3n) is 5.07. The summed E-state index contributed by atoms with van der Waals surface area (Å²) >= 11 is 0. The highest BCUT2D eigenvalue weighted by atomic mass is 16.2. The summed E-state index contributed by atoms with van der Waals surface area (Å²) in [5.41, 5.74) is 6.04. The quantitative estimate of drug-likeness (QED) is 0.823. The van der Waals surface area contributed by atoms with E-state index in [-0.39, 0.29) is 29.8 Å². The summed E-state index contributed by atoms with van der Waals surface area (Å²) in [5, 5.41) is 2.95. The number of nitrogens with one attached hydrogen (secondary N) is 1. The van der Waals surface area contributed by atoms with E-state index >= 15 is 0 Å². The zero-order valence-electron chi connectivity index (χ0n) is 13.3. The first-order chi connectivity index (χ1) is 9.97. The monoisotopic (exact) mass is 295 g/mol. The molecule has 5 heteroatoms. The number of likely N-dealkylation sites (tertiary alicyclic amines) is 1. The van der Waals surface area contributed by atoms with Crippen molar-refractivity contribution in [1.29, 1.82) is 0 Å². The van der Waals surface area contributed by atoms with Gasteiger partial charge in [-0.3, -0.25) is 9.59 Å². The Bertz CT molecular complexity index is 378. The Morgan fingerprint density at radius 1 is 1.19 bits per heavy atom. The van der Waals surface area contributed by atoms with Gasteiger partial charge in [0, 0.05) is 38.0 Å². The van der Waals surface area contributed by atoms with Gasteiger partial charge in [-0.2, -0.15) is 0 Å². The minimum Gasteiger partial charge on any atom is -0.353 e. The van der Waals surface area contributed by atoms with Gasteiger partial charge < -0.3 is 16.0 Å². The second-order valence-corrected chi connectivity index (χ2v) is 6.78. The summed E-state index contributed by atoms with van der Waals surface area (Å²) in [6.07, 6.45) is 6.08. The predicted molar refractivity (Wildman–Crippen MR) is 82.5 cm³/mol. The first kappa shape index (κ1) is 16.3. The van der Waals surface area contributed by atoms with Gasteiger partial charge >= 0.3 is 0 Å². The maximum atomic E-state index is 12.6. The zero-order chi connectivity index (χ0) is 15.4. The molecular formula is C16H29N3O2. The van der Waals surface area contributed by atoms with Crippen LogP contribution in [0.25, 0.3) is 0 Å². The van der Waals surface area contributed by atoms with Crippen LogP contribution >= 0.6 is 0 Å². The van der Waals surface area contributed by atoms with E-state index in [0.717, 1.165) is 51.6 Å². The first-order valence-corrected chi connectivity index (χ1v) is 8.29. The second kappa shape index (κ2) is 7.25. The van der Waals surface area contributed by atoms with Crippen molar-refractivity contribution >= 4 is 11.8 Å². The van der Waals surface area contributed by atoms with Crippen LogP contribution in [-0.2, 0) is 9.59 Å². The molecule has 0 aromatic heterocycles. The van der Waals surface area contributed by atoms with Gasteiger partial charge in [0.2, 0.25) is 11.8 Å². The fourth-order valence-corrected chi connectivity index (χ4v) is 3.74. The van der Waals surface area contributed by atoms with Crippen molar-refractivity contribution in [3.05, 3.63) is 0 Å². The molecule has 1 heterocycles. The van der Waals surface area contributed by atoms with Crippen LogP contribution in [-0.4, -0.2) is 41.9 Å². The maximum Gasteiger partial charge on any atom is 0.225 e. The van der Waals surface area contributed by atoms with E-state index in [0.29, 0.717) is 5.92 Å². The largest absolute Gasteiger partial charge is 0.353 e. The van der Waals surface area contributed by atoms with E-state index in [2.05, 4.69) is 12.2 Å². The minimum absolute atomic E-state index is 0.0179. The van der Waals surface area contributed by atoms with Gasteiger partial charge in [0.25, 0.3) is 0 Å². The van der Waals surface area contributed by atoms with Crippen LogP contribution in [0.3, 0.4) is 0 Å². The molecule has 1 saturated heterocycles. The van der Waals surface area contributed by atoms with Crippen molar-refractivity contribution < 1.29 is 9.59 Å². The number of carbonyl (C=O) groups excluding carboxylic acids is 2. The zero-order valence-corrected chi connectivity index (χ0v) is 13.3. The summed E-state index contributed by atoms with van der Waals surface area (Å²) in [7, 11) is 0. The Morgan fingerprint density at radius 2 is 1.86 bits per heavy atom. The molecule has 3 unspecified atom stereocenters. The molecule has 5 nitrogen and oxygen atoms in total. The third-order valence-corrected chi connectivity index (χ3v) is 5.07. The van der Waals surface area contributed by atoms with Crippen molar-refractivity contribution in [1.82, 2.24) is 10.2 Å². The molecule has 2 aliphatic rings. The summed E-state index contributed by atoms with van der Waals surface area (Å²) in [5.74, 6) is 0.808. The number of hydrogen-bond acceptors (Lipinski definition) is 3. The van der Waals surface area contributed by atoms with Gasteiger partial charge in [-0.1, -0.05) is 13.3 Å². The van der Waals surface area contributed by atoms with Gasteiger partial charge in [-0.15, -0.1) is 0 Å². The third kappa shape index (κ3) is 4.43. The van der Waals surface area contributed by atoms with Crippen LogP contribution in [0.15, 0.2) is 0 Å². The molecule has 0 bridgehead atoms. The summed E-state index contributed by atoms with van der Waals surface area (Å²) < 4.78 is 0. The Hall–Kier alpha value is -1.10. The fraction of sp³-hybridized carbons (Fsp3) is 0.875. The molecule has 2 amide bonds. The van der Waals surface area contributed by atoms with Crippen LogP contribution in [0, 0.1) is 11.8 Å². The number of rotatable bonds is 3. The Kier molecular flexibility index (Phi) is 5.62. The molecule has 2 rings (SSSR count). The van der Waals surface area contributed by atoms with E-state index in [1.54, 1.807) is 6.92 Å². The molecule has 3 atom stereocenters. The average Bonchev–Trinajstić information content (AvgIpc) is 2.46. The molecule has 0 aromatic carbocycles. The SMILES string of the molecule is CC(=O)NC1CCN(C(=O)C(C)C2CCCC(N)C2)CC1. The lowest BCUT2D eigenvalue weighted by Crippen LogP contribution is -2.48. The second-order valence-electron chi connectivity index (χ2n) is 6.78. The summed E-state index contributed by atoms with van der Waals surface area (Å²) in [4.78, 5) is 25.7. The van der Waals surface area contributed by atoms with Crippen LogP contribution in [0.1, 0.15) is 52.4 Å². The van der Waals surface area contributed by atoms with Crippen molar-refractivity contribution in [3.8, 4) is 0 Å². The van der Waals surface area contributed by atoms with Crippen molar-refractivity contribution in [2.45, 2.75) is 64.5 Å². The van der Waals surface area contributed by atoms with Gasteiger partial charge in [-0.25, -0.2) is 0 Å². The molecule has 0 spiro atoms. The smallest absolute Gasteiger partial charge is 0.225 e. The van der Waals surface area contributed by atoms with E-state index < -0.39 is 0 Å². The van der Waals surface area contributed by atoms with Gasteiger partial charge in [-0.05, 0) is 38.0 Å². The van der Waals surface area contributed by atoms with Crippen LogP contribution in [0.4, 0.5) is 0 Å². The average molecular weight is 295 g/mol. The van der Waals surface area contributed by atoms with E-state index in [9.17, 15) is 9.59 Å². The van der Waals surface area contributed by atoms with Gasteiger partial charge in [0.05, 0.1) is 0 Å². The Morgan fingerprint density at radius 3 is 2.43 bits per heavy atom. The molecule has 2 fully saturated rings. The lowest BCUT2D eigenvalue weighted by atomic mass is 9.78. The van der Waals surface area contributed by atoms with E-state index in [4.69, 9.17) is 5.73 Å². The standard InChI is InChI=1S/C16H29N3O2/c1-11(13-4-3-5-14(17)10-13)16(21)19-8-6-15(7-9-19)18-12(2)20/h11,13-15H,3-10,17H2,1-2H3,(H,18,20). The van der Waals surface area contributed by atoms with Crippen molar-refractivity contribution in [2.24, 2.45) is 17.6 Å². The molecule has 120 valence electrons. The molecule has 1 aliphatic heterocycles. The number of nitrogens with two attached hydrogens (primary N) is 1. The van der Waals surface area contributed by atoms with E-state index in [1.807, 2.05) is 4.90 Å². The number of nitrogens with zero attached hydrogens (tertiary/aromatic N) is 1. The lowest BCUT2D eigenvalue weighted by molar-refractivity contribution is -0.138. The Balaban J connectivity index is 1.82. The maximum absolute atomic E-state index is 12.6.